The Balaban J connectivity index is 1.76. The predicted octanol–water partition coefficient (Wildman–Crippen LogP) is 2.82. The first-order valence-electron chi connectivity index (χ1n) is 8.20. The van der Waals surface area contributed by atoms with Crippen LogP contribution in [0.25, 0.3) is 0 Å². The van der Waals surface area contributed by atoms with Crippen LogP contribution in [0, 0.1) is 17.5 Å². The lowest BCUT2D eigenvalue weighted by atomic mass is 10.1. The van der Waals surface area contributed by atoms with E-state index in [0.717, 1.165) is 22.5 Å². The van der Waals surface area contributed by atoms with Crippen LogP contribution < -0.4 is 4.90 Å². The van der Waals surface area contributed by atoms with Crippen LogP contribution in [0.1, 0.15) is 17.3 Å². The summed E-state index contributed by atoms with van der Waals surface area (Å²) in [5, 5.41) is 0. The van der Waals surface area contributed by atoms with E-state index in [1.807, 2.05) is 0 Å². The summed E-state index contributed by atoms with van der Waals surface area (Å²) in [7, 11) is -4.05. The Labute approximate surface area is 155 Å². The molecule has 1 fully saturated rings. The summed E-state index contributed by atoms with van der Waals surface area (Å²) in [6.07, 6.45) is 0. The SMILES string of the molecule is CC(=O)c1ccc(N2CCN(S(=O)(=O)c3cc(F)cc(F)c3)CC2)c(F)c1. The van der Waals surface area contributed by atoms with Crippen LogP contribution in [0.3, 0.4) is 0 Å². The number of carbonyl (C=O) groups excluding carboxylic acids is 1. The fraction of sp³-hybridized carbons (Fsp3) is 0.278. The van der Waals surface area contributed by atoms with Gasteiger partial charge in [-0.1, -0.05) is 0 Å². The lowest BCUT2D eigenvalue weighted by molar-refractivity contribution is 0.101. The van der Waals surface area contributed by atoms with Gasteiger partial charge in [0, 0.05) is 37.8 Å². The fourth-order valence-corrected chi connectivity index (χ4v) is 4.44. The van der Waals surface area contributed by atoms with Gasteiger partial charge in [0.15, 0.2) is 5.78 Å². The monoisotopic (exact) mass is 398 g/mol. The number of hydrogen-bond donors (Lipinski definition) is 0. The maximum atomic E-state index is 14.3. The van der Waals surface area contributed by atoms with Gasteiger partial charge in [-0.05, 0) is 37.3 Å². The summed E-state index contributed by atoms with van der Waals surface area (Å²) in [6, 6.07) is 6.29. The summed E-state index contributed by atoms with van der Waals surface area (Å²) in [5.74, 6) is -2.76. The van der Waals surface area contributed by atoms with Gasteiger partial charge >= 0.3 is 0 Å². The van der Waals surface area contributed by atoms with Crippen LogP contribution in [0.15, 0.2) is 41.3 Å². The van der Waals surface area contributed by atoms with E-state index >= 15 is 0 Å². The second-order valence-electron chi connectivity index (χ2n) is 6.22. The molecule has 1 heterocycles. The molecule has 0 bridgehead atoms. The maximum Gasteiger partial charge on any atom is 0.243 e. The van der Waals surface area contributed by atoms with Crippen molar-refractivity contribution in [3.63, 3.8) is 0 Å². The van der Waals surface area contributed by atoms with Gasteiger partial charge < -0.3 is 4.90 Å². The number of sulfonamides is 1. The lowest BCUT2D eigenvalue weighted by Gasteiger charge is -2.35. The van der Waals surface area contributed by atoms with Crippen LogP contribution >= 0.6 is 0 Å². The highest BCUT2D eigenvalue weighted by Gasteiger charge is 2.30. The van der Waals surface area contributed by atoms with Crippen molar-refractivity contribution < 1.29 is 26.4 Å². The molecule has 5 nitrogen and oxygen atoms in total. The molecule has 0 unspecified atom stereocenters. The largest absolute Gasteiger partial charge is 0.367 e. The van der Waals surface area contributed by atoms with Gasteiger partial charge in [-0.15, -0.1) is 0 Å². The van der Waals surface area contributed by atoms with Crippen LogP contribution in [0.4, 0.5) is 18.9 Å². The van der Waals surface area contributed by atoms with E-state index in [1.165, 1.54) is 19.1 Å². The minimum absolute atomic E-state index is 0.0361. The molecule has 2 aromatic rings. The topological polar surface area (TPSA) is 57.7 Å². The molecule has 3 rings (SSSR count). The van der Waals surface area contributed by atoms with Crippen molar-refractivity contribution >= 4 is 21.5 Å². The summed E-state index contributed by atoms with van der Waals surface area (Å²) in [6.45, 7) is 1.82. The van der Waals surface area contributed by atoms with E-state index in [-0.39, 0.29) is 43.2 Å². The van der Waals surface area contributed by atoms with Crippen LogP contribution in [0.2, 0.25) is 0 Å². The van der Waals surface area contributed by atoms with Crippen molar-refractivity contribution in [1.82, 2.24) is 4.31 Å². The minimum atomic E-state index is -4.05. The molecule has 0 aromatic heterocycles. The Kier molecular flexibility index (Phi) is 5.25. The van der Waals surface area contributed by atoms with E-state index in [9.17, 15) is 26.4 Å². The number of Topliss-reactive ketones (excluding diaryl/α,β-unsaturated/α-hetero) is 1. The third-order valence-electron chi connectivity index (χ3n) is 4.41. The number of halogens is 3. The molecule has 2 aromatic carbocycles. The van der Waals surface area contributed by atoms with Gasteiger partial charge in [-0.2, -0.15) is 4.31 Å². The smallest absolute Gasteiger partial charge is 0.243 e. The Morgan fingerprint density at radius 1 is 0.926 bits per heavy atom. The van der Waals surface area contributed by atoms with Gasteiger partial charge in [0.2, 0.25) is 10.0 Å². The highest BCUT2D eigenvalue weighted by atomic mass is 32.2. The summed E-state index contributed by atoms with van der Waals surface area (Å²) >= 11 is 0. The average molecular weight is 398 g/mol. The van der Waals surface area contributed by atoms with E-state index in [1.54, 1.807) is 4.90 Å². The first-order valence-corrected chi connectivity index (χ1v) is 9.64. The molecule has 9 heteroatoms. The fourth-order valence-electron chi connectivity index (χ4n) is 2.98. The molecule has 0 amide bonds. The molecule has 27 heavy (non-hydrogen) atoms. The highest BCUT2D eigenvalue weighted by molar-refractivity contribution is 7.89. The molecule has 1 aliphatic heterocycles. The number of anilines is 1. The van der Waals surface area contributed by atoms with Gasteiger partial charge in [0.1, 0.15) is 17.5 Å². The standard InChI is InChI=1S/C18H17F3N2O3S/c1-12(24)13-2-3-18(17(21)8-13)22-4-6-23(7-5-22)27(25,26)16-10-14(19)9-15(20)11-16/h2-3,8-11H,4-7H2,1H3. The number of ketones is 1. The zero-order valence-corrected chi connectivity index (χ0v) is 15.3. The van der Waals surface area contributed by atoms with Gasteiger partial charge in [-0.25, -0.2) is 21.6 Å². The first kappa shape index (κ1) is 19.4. The summed E-state index contributed by atoms with van der Waals surface area (Å²) < 4.78 is 67.2. The number of hydrogen-bond acceptors (Lipinski definition) is 4. The number of rotatable bonds is 4. The average Bonchev–Trinajstić information content (AvgIpc) is 2.61. The van der Waals surface area contributed by atoms with Gasteiger partial charge in [0.05, 0.1) is 10.6 Å². The summed E-state index contributed by atoms with van der Waals surface area (Å²) in [5.41, 5.74) is 0.527. The molecule has 0 spiro atoms. The van der Waals surface area contributed by atoms with E-state index in [2.05, 4.69) is 0 Å². The molecule has 0 aliphatic carbocycles. The molecule has 0 radical (unpaired) electrons. The van der Waals surface area contributed by atoms with E-state index < -0.39 is 32.4 Å². The van der Waals surface area contributed by atoms with Crippen molar-refractivity contribution in [3.8, 4) is 0 Å². The molecule has 1 aliphatic rings. The molecular formula is C18H17F3N2O3S. The predicted molar refractivity (Wildman–Crippen MR) is 93.7 cm³/mol. The lowest BCUT2D eigenvalue weighted by Crippen LogP contribution is -2.49. The molecule has 0 atom stereocenters. The number of nitrogens with zero attached hydrogens (tertiary/aromatic N) is 2. The Hall–Kier alpha value is -2.39. The number of carbonyl (C=O) groups is 1. The van der Waals surface area contributed by atoms with E-state index in [0.29, 0.717) is 6.07 Å². The molecule has 0 saturated carbocycles. The van der Waals surface area contributed by atoms with Crippen LogP contribution in [-0.4, -0.2) is 44.7 Å². The zero-order chi connectivity index (χ0) is 19.8. The van der Waals surface area contributed by atoms with Crippen LogP contribution in [-0.2, 0) is 10.0 Å². The molecule has 1 saturated heterocycles. The Morgan fingerprint density at radius 3 is 2.04 bits per heavy atom. The highest BCUT2D eigenvalue weighted by Crippen LogP contribution is 2.25. The normalized spacial score (nSPS) is 15.8. The number of piperazine rings is 1. The van der Waals surface area contributed by atoms with Crippen molar-refractivity contribution in [2.45, 2.75) is 11.8 Å². The van der Waals surface area contributed by atoms with Crippen molar-refractivity contribution in [2.75, 3.05) is 31.1 Å². The zero-order valence-electron chi connectivity index (χ0n) is 14.5. The second kappa shape index (κ2) is 7.32. The van der Waals surface area contributed by atoms with Crippen molar-refractivity contribution in [1.29, 1.82) is 0 Å². The quantitative estimate of drug-likeness (QED) is 0.744. The van der Waals surface area contributed by atoms with Crippen molar-refractivity contribution in [2.24, 2.45) is 0 Å². The molecular weight excluding hydrogens is 381 g/mol. The third kappa shape index (κ3) is 3.98. The molecule has 144 valence electrons. The van der Waals surface area contributed by atoms with E-state index in [4.69, 9.17) is 0 Å². The summed E-state index contributed by atoms with van der Waals surface area (Å²) in [4.78, 5) is 12.5. The first-order chi connectivity index (χ1) is 12.7. The molecule has 0 N–H and O–H groups in total. The second-order valence-corrected chi connectivity index (χ2v) is 8.16. The number of benzene rings is 2. The third-order valence-corrected chi connectivity index (χ3v) is 6.28. The van der Waals surface area contributed by atoms with Crippen molar-refractivity contribution in [3.05, 3.63) is 59.4 Å². The maximum absolute atomic E-state index is 14.3. The Bertz CT molecular complexity index is 967. The van der Waals surface area contributed by atoms with Gasteiger partial charge in [0.25, 0.3) is 0 Å². The van der Waals surface area contributed by atoms with Crippen LogP contribution in [0.5, 0.6) is 0 Å². The van der Waals surface area contributed by atoms with Gasteiger partial charge in [-0.3, -0.25) is 4.79 Å². The minimum Gasteiger partial charge on any atom is -0.367 e. The Morgan fingerprint density at radius 2 is 1.52 bits per heavy atom.